The minimum absolute atomic E-state index is 0.174. The molecule has 1 aromatic carbocycles. The molecule has 0 bridgehead atoms. The summed E-state index contributed by atoms with van der Waals surface area (Å²) in [6.07, 6.45) is 0.835. The van der Waals surface area contributed by atoms with Gasteiger partial charge < -0.3 is 19.9 Å². The summed E-state index contributed by atoms with van der Waals surface area (Å²) in [4.78, 5) is 24.6. The number of oxazole rings is 1. The highest BCUT2D eigenvalue weighted by atomic mass is 16.4. The average Bonchev–Trinajstić information content (AvgIpc) is 3.15. The Bertz CT molecular complexity index is 715. The number of benzene rings is 1. The molecule has 1 aliphatic carbocycles. The molecule has 7 heteroatoms. The monoisotopic (exact) mass is 292 g/mol. The van der Waals surface area contributed by atoms with E-state index in [2.05, 4.69) is 10.3 Å². The molecule has 0 amide bonds. The first kappa shape index (κ1) is 13.8. The molecule has 0 aliphatic heterocycles. The number of rotatable bonds is 6. The number of aromatic amines is 1. The SMILES string of the molecule is O=C(O)CC(NC1CC1)C(O)c1ccc2[nH]c(=O)oc2c1. The number of aliphatic hydroxyl groups excluding tert-OH is 1. The smallest absolute Gasteiger partial charge is 0.417 e. The van der Waals surface area contributed by atoms with Gasteiger partial charge in [0.2, 0.25) is 0 Å². The first-order valence-corrected chi connectivity index (χ1v) is 6.81. The van der Waals surface area contributed by atoms with Crippen molar-refractivity contribution in [1.29, 1.82) is 0 Å². The lowest BCUT2D eigenvalue weighted by Gasteiger charge is -2.23. The number of carbonyl (C=O) groups is 1. The summed E-state index contributed by atoms with van der Waals surface area (Å²) in [7, 11) is 0. The van der Waals surface area contributed by atoms with Gasteiger partial charge in [-0.2, -0.15) is 0 Å². The van der Waals surface area contributed by atoms with Crippen LogP contribution in [0.3, 0.4) is 0 Å². The fourth-order valence-electron chi connectivity index (χ4n) is 2.38. The van der Waals surface area contributed by atoms with Crippen molar-refractivity contribution >= 4 is 17.1 Å². The van der Waals surface area contributed by atoms with Gasteiger partial charge in [-0.1, -0.05) is 6.07 Å². The van der Waals surface area contributed by atoms with Crippen molar-refractivity contribution in [3.05, 3.63) is 34.3 Å². The molecule has 3 rings (SSSR count). The molecular weight excluding hydrogens is 276 g/mol. The lowest BCUT2D eigenvalue weighted by atomic mass is 9.99. The van der Waals surface area contributed by atoms with E-state index in [4.69, 9.17) is 9.52 Å². The second kappa shape index (κ2) is 5.34. The van der Waals surface area contributed by atoms with Gasteiger partial charge in [-0.3, -0.25) is 9.78 Å². The van der Waals surface area contributed by atoms with E-state index in [9.17, 15) is 14.7 Å². The first-order chi connectivity index (χ1) is 10.0. The lowest BCUT2D eigenvalue weighted by molar-refractivity contribution is -0.138. The van der Waals surface area contributed by atoms with E-state index in [1.165, 1.54) is 0 Å². The van der Waals surface area contributed by atoms with Gasteiger partial charge in [0.1, 0.15) is 0 Å². The molecule has 2 atom stereocenters. The number of nitrogens with one attached hydrogen (secondary N) is 2. The van der Waals surface area contributed by atoms with Gasteiger partial charge in [0.25, 0.3) is 0 Å². The number of fused-ring (bicyclic) bond motifs is 1. The second-order valence-electron chi connectivity index (χ2n) is 5.36. The van der Waals surface area contributed by atoms with Gasteiger partial charge in [-0.25, -0.2) is 4.79 Å². The highest BCUT2D eigenvalue weighted by molar-refractivity contribution is 5.73. The predicted octanol–water partition coefficient (Wildman–Crippen LogP) is 0.750. The Morgan fingerprint density at radius 3 is 2.90 bits per heavy atom. The highest BCUT2D eigenvalue weighted by Gasteiger charge is 2.30. The summed E-state index contributed by atoms with van der Waals surface area (Å²) < 4.78 is 4.95. The van der Waals surface area contributed by atoms with E-state index in [-0.39, 0.29) is 12.5 Å². The van der Waals surface area contributed by atoms with Gasteiger partial charge >= 0.3 is 11.7 Å². The van der Waals surface area contributed by atoms with Crippen LogP contribution in [0.25, 0.3) is 11.1 Å². The van der Waals surface area contributed by atoms with Crippen LogP contribution >= 0.6 is 0 Å². The van der Waals surface area contributed by atoms with E-state index < -0.39 is 23.9 Å². The van der Waals surface area contributed by atoms with E-state index in [1.54, 1.807) is 18.2 Å². The molecule has 1 heterocycles. The molecule has 0 spiro atoms. The van der Waals surface area contributed by atoms with Gasteiger partial charge in [-0.05, 0) is 30.5 Å². The van der Waals surface area contributed by atoms with Crippen LogP contribution in [0.5, 0.6) is 0 Å². The van der Waals surface area contributed by atoms with Crippen LogP contribution in [0.1, 0.15) is 30.9 Å². The van der Waals surface area contributed by atoms with Crippen molar-refractivity contribution in [1.82, 2.24) is 10.3 Å². The molecule has 112 valence electrons. The van der Waals surface area contributed by atoms with Gasteiger partial charge in [0.15, 0.2) is 5.58 Å². The minimum atomic E-state index is -0.980. The summed E-state index contributed by atoms with van der Waals surface area (Å²) in [6.45, 7) is 0. The van der Waals surface area contributed by atoms with Crippen molar-refractivity contribution < 1.29 is 19.4 Å². The molecule has 1 aromatic heterocycles. The normalized spacial score (nSPS) is 17.8. The standard InChI is InChI=1S/C14H16N2O5/c17-12(18)6-10(15-8-2-3-8)13(19)7-1-4-9-11(5-7)21-14(20)16-9/h1,4-5,8,10,13,15,19H,2-3,6H2,(H,16,20)(H,17,18). The highest BCUT2D eigenvalue weighted by Crippen LogP contribution is 2.27. The van der Waals surface area contributed by atoms with Gasteiger partial charge in [0, 0.05) is 12.1 Å². The molecule has 0 saturated heterocycles. The number of H-pyrrole nitrogens is 1. The summed E-state index contributed by atoms with van der Waals surface area (Å²) in [6, 6.07) is 4.55. The third-order valence-corrected chi connectivity index (χ3v) is 3.59. The predicted molar refractivity (Wildman–Crippen MR) is 74.0 cm³/mol. The first-order valence-electron chi connectivity index (χ1n) is 6.81. The lowest BCUT2D eigenvalue weighted by Crippen LogP contribution is -2.38. The van der Waals surface area contributed by atoms with Crippen molar-refractivity contribution in [3.63, 3.8) is 0 Å². The number of aliphatic hydroxyl groups is 1. The van der Waals surface area contributed by atoms with Crippen molar-refractivity contribution in [3.8, 4) is 0 Å². The Kier molecular flexibility index (Phi) is 3.52. The molecular formula is C14H16N2O5. The quantitative estimate of drug-likeness (QED) is 0.624. The fourth-order valence-corrected chi connectivity index (χ4v) is 2.38. The van der Waals surface area contributed by atoms with E-state index in [0.29, 0.717) is 16.7 Å². The van der Waals surface area contributed by atoms with E-state index in [0.717, 1.165) is 12.8 Å². The Morgan fingerprint density at radius 1 is 1.48 bits per heavy atom. The zero-order valence-corrected chi connectivity index (χ0v) is 11.2. The maximum Gasteiger partial charge on any atom is 0.417 e. The van der Waals surface area contributed by atoms with Crippen LogP contribution in [0.2, 0.25) is 0 Å². The van der Waals surface area contributed by atoms with Crippen molar-refractivity contribution in [2.45, 2.75) is 37.5 Å². The Balaban J connectivity index is 1.85. The Labute approximate surface area is 119 Å². The van der Waals surface area contributed by atoms with Crippen LogP contribution in [-0.2, 0) is 4.79 Å². The maximum atomic E-state index is 11.1. The number of carboxylic acids is 1. The van der Waals surface area contributed by atoms with Crippen LogP contribution in [-0.4, -0.2) is 33.3 Å². The second-order valence-corrected chi connectivity index (χ2v) is 5.36. The van der Waals surface area contributed by atoms with Crippen molar-refractivity contribution in [2.75, 3.05) is 0 Å². The molecule has 21 heavy (non-hydrogen) atoms. The molecule has 4 N–H and O–H groups in total. The van der Waals surface area contributed by atoms with Crippen LogP contribution < -0.4 is 11.1 Å². The topological polar surface area (TPSA) is 116 Å². The fraction of sp³-hybridized carbons (Fsp3) is 0.429. The van der Waals surface area contributed by atoms with Crippen LogP contribution in [0.15, 0.2) is 27.4 Å². The molecule has 1 saturated carbocycles. The summed E-state index contributed by atoms with van der Waals surface area (Å²) >= 11 is 0. The van der Waals surface area contributed by atoms with E-state index >= 15 is 0 Å². The van der Waals surface area contributed by atoms with Gasteiger partial charge in [0.05, 0.1) is 18.0 Å². The largest absolute Gasteiger partial charge is 0.481 e. The molecule has 0 radical (unpaired) electrons. The third-order valence-electron chi connectivity index (χ3n) is 3.59. The number of hydrogen-bond donors (Lipinski definition) is 4. The molecule has 2 aromatic rings. The molecule has 1 fully saturated rings. The molecule has 1 aliphatic rings. The maximum absolute atomic E-state index is 11.1. The Morgan fingerprint density at radius 2 is 2.24 bits per heavy atom. The number of hydrogen-bond acceptors (Lipinski definition) is 5. The minimum Gasteiger partial charge on any atom is -0.481 e. The summed E-state index contributed by atoms with van der Waals surface area (Å²) in [5.74, 6) is -1.53. The van der Waals surface area contributed by atoms with Crippen molar-refractivity contribution in [2.24, 2.45) is 0 Å². The van der Waals surface area contributed by atoms with E-state index in [1.807, 2.05) is 0 Å². The number of carboxylic acid groups (broad SMARTS) is 1. The summed E-state index contributed by atoms with van der Waals surface area (Å²) in [5.41, 5.74) is 1.41. The number of aromatic nitrogens is 1. The third kappa shape index (κ3) is 3.14. The van der Waals surface area contributed by atoms with Crippen LogP contribution in [0, 0.1) is 0 Å². The summed E-state index contributed by atoms with van der Waals surface area (Å²) in [5, 5.41) is 22.5. The molecule has 7 nitrogen and oxygen atoms in total. The molecule has 2 unspecified atom stereocenters. The number of aliphatic carboxylic acids is 1. The Hall–Kier alpha value is -2.12. The average molecular weight is 292 g/mol. The zero-order valence-electron chi connectivity index (χ0n) is 11.2. The van der Waals surface area contributed by atoms with Crippen LogP contribution in [0.4, 0.5) is 0 Å². The van der Waals surface area contributed by atoms with Gasteiger partial charge in [-0.15, -0.1) is 0 Å². The zero-order chi connectivity index (χ0) is 15.0.